The van der Waals surface area contributed by atoms with Gasteiger partial charge >= 0.3 is 0 Å². The minimum Gasteiger partial charge on any atom is -0.493 e. The normalized spacial score (nSPS) is 19.8. The largest absolute Gasteiger partial charge is 0.493 e. The summed E-state index contributed by atoms with van der Waals surface area (Å²) >= 11 is 0. The first-order chi connectivity index (χ1) is 22.3. The summed E-state index contributed by atoms with van der Waals surface area (Å²) < 4.78 is 38.1. The summed E-state index contributed by atoms with van der Waals surface area (Å²) in [5.41, 5.74) is 1.31. The van der Waals surface area contributed by atoms with E-state index in [9.17, 15) is 24.6 Å². The van der Waals surface area contributed by atoms with Crippen LogP contribution < -0.4 is 19.5 Å². The van der Waals surface area contributed by atoms with Crippen molar-refractivity contribution < 1.29 is 47.6 Å². The molecule has 1 aromatic heterocycles. The number of furan rings is 1. The molecule has 4 aromatic rings. The monoisotopic (exact) mass is 630 g/mol. The molecule has 6 rings (SSSR count). The molecule has 0 bridgehead atoms. The summed E-state index contributed by atoms with van der Waals surface area (Å²) in [5.74, 6) is -1.95. The summed E-state index contributed by atoms with van der Waals surface area (Å²) in [6, 6.07) is 14.4. The molecule has 3 aromatic carbocycles. The molecule has 2 amide bonds. The highest BCUT2D eigenvalue weighted by Gasteiger charge is 2.51. The van der Waals surface area contributed by atoms with Crippen LogP contribution in [-0.2, 0) is 11.3 Å². The topological polar surface area (TPSA) is 148 Å². The second-order valence-electron chi connectivity index (χ2n) is 10.9. The van der Waals surface area contributed by atoms with Gasteiger partial charge < -0.3 is 39.1 Å². The van der Waals surface area contributed by atoms with Gasteiger partial charge in [-0.25, -0.2) is 4.39 Å². The minimum absolute atomic E-state index is 0.0646. The molecule has 2 aliphatic rings. The van der Waals surface area contributed by atoms with E-state index in [0.29, 0.717) is 28.6 Å². The van der Waals surface area contributed by atoms with Crippen LogP contribution in [0.15, 0.2) is 76.7 Å². The summed E-state index contributed by atoms with van der Waals surface area (Å²) in [5, 5.41) is 24.5. The Hall–Kier alpha value is -5.20. The Bertz CT molecular complexity index is 1850. The van der Waals surface area contributed by atoms with Crippen molar-refractivity contribution in [1.82, 2.24) is 10.2 Å². The maximum atomic E-state index is 15.0. The second kappa shape index (κ2) is 12.7. The number of aliphatic hydroxyl groups excluding tert-OH is 2. The van der Waals surface area contributed by atoms with Crippen molar-refractivity contribution in [2.24, 2.45) is 0 Å². The molecular weight excluding hydrogens is 599 g/mol. The Balaban J connectivity index is 1.49. The Labute approximate surface area is 262 Å². The van der Waals surface area contributed by atoms with E-state index in [1.54, 1.807) is 30.3 Å². The fraction of sp³-hybridized carbons (Fsp3) is 0.265. The number of amides is 2. The molecule has 0 saturated carbocycles. The average Bonchev–Trinajstić information content (AvgIpc) is 3.69. The van der Waals surface area contributed by atoms with E-state index < -0.39 is 41.8 Å². The van der Waals surface area contributed by atoms with E-state index in [-0.39, 0.29) is 53.7 Å². The number of ether oxygens (including phenoxy) is 3. The van der Waals surface area contributed by atoms with Gasteiger partial charge in [0.05, 0.1) is 32.8 Å². The van der Waals surface area contributed by atoms with Crippen LogP contribution in [0.2, 0.25) is 0 Å². The van der Waals surface area contributed by atoms with Crippen molar-refractivity contribution in [3.63, 3.8) is 0 Å². The fourth-order valence-corrected chi connectivity index (χ4v) is 6.13. The van der Waals surface area contributed by atoms with Gasteiger partial charge in [-0.1, -0.05) is 30.3 Å². The molecule has 2 heterocycles. The lowest BCUT2D eigenvalue weighted by molar-refractivity contribution is -0.118. The number of fused-ring (bicyclic) bond motifs is 4. The predicted molar refractivity (Wildman–Crippen MR) is 163 cm³/mol. The SMILES string of the molecule is COc1cc(C=O)cc2c1O[C@@H]1[C@@H](O)[C@H](N(Cc3ccccc3F)C(=O)c3cc4cccc(OC)c4o3)C=C(C(=O)NCCO)[C@H]21. The Morgan fingerprint density at radius 2 is 1.85 bits per heavy atom. The molecule has 0 radical (unpaired) electrons. The van der Waals surface area contributed by atoms with Crippen LogP contribution in [0.25, 0.3) is 11.0 Å². The van der Waals surface area contributed by atoms with Crippen LogP contribution >= 0.6 is 0 Å². The van der Waals surface area contributed by atoms with Gasteiger partial charge in [-0.3, -0.25) is 14.4 Å². The van der Waals surface area contributed by atoms with Gasteiger partial charge in [0, 0.05) is 40.7 Å². The quantitative estimate of drug-likeness (QED) is 0.224. The zero-order valence-electron chi connectivity index (χ0n) is 24.9. The van der Waals surface area contributed by atoms with Crippen molar-refractivity contribution in [1.29, 1.82) is 0 Å². The number of nitrogens with one attached hydrogen (secondary N) is 1. The molecule has 0 spiro atoms. The van der Waals surface area contributed by atoms with Crippen molar-refractivity contribution >= 4 is 29.1 Å². The van der Waals surface area contributed by atoms with Gasteiger partial charge in [-0.15, -0.1) is 0 Å². The molecule has 238 valence electrons. The standard InChI is InChI=1S/C34H31FN2O9/c1-43-25-9-5-7-19-14-27(45-30(19)25)34(42)37(16-20-6-3-4-8-23(20)35)24-15-22(33(41)36-10-11-38)28-21-12-18(17-39)13-26(44-2)31(21)46-32(28)29(24)40/h3-9,12-15,17,24,28-29,32,38,40H,10-11,16H2,1-2H3,(H,36,41)/t24-,28+,29+,32+/m1/s1. The number of carbonyl (C=O) groups is 3. The number of halogens is 1. The number of rotatable bonds is 10. The maximum absolute atomic E-state index is 15.0. The Morgan fingerprint density at radius 1 is 1.07 bits per heavy atom. The molecule has 12 heteroatoms. The van der Waals surface area contributed by atoms with Gasteiger partial charge in [-0.05, 0) is 36.4 Å². The Morgan fingerprint density at radius 3 is 2.57 bits per heavy atom. The molecule has 1 aliphatic carbocycles. The third-order valence-corrected chi connectivity index (χ3v) is 8.27. The maximum Gasteiger partial charge on any atom is 0.290 e. The molecule has 1 aliphatic heterocycles. The lowest BCUT2D eigenvalue weighted by Gasteiger charge is -2.40. The number of aldehydes is 1. The average molecular weight is 631 g/mol. The number of carbonyl (C=O) groups excluding carboxylic acids is 3. The van der Waals surface area contributed by atoms with E-state index in [0.717, 1.165) is 0 Å². The van der Waals surface area contributed by atoms with E-state index in [1.165, 1.54) is 55.5 Å². The lowest BCUT2D eigenvalue weighted by Crippen LogP contribution is -2.55. The number of methoxy groups -OCH3 is 2. The molecule has 0 fully saturated rings. The highest BCUT2D eigenvalue weighted by Crippen LogP contribution is 2.51. The lowest BCUT2D eigenvalue weighted by atomic mass is 9.77. The zero-order valence-corrected chi connectivity index (χ0v) is 24.9. The second-order valence-corrected chi connectivity index (χ2v) is 10.9. The van der Waals surface area contributed by atoms with Gasteiger partial charge in [0.25, 0.3) is 5.91 Å². The number of para-hydroxylation sites is 1. The summed E-state index contributed by atoms with van der Waals surface area (Å²) in [7, 11) is 2.87. The first kappa shape index (κ1) is 30.8. The Kier molecular flexibility index (Phi) is 8.48. The van der Waals surface area contributed by atoms with Crippen LogP contribution in [0.5, 0.6) is 17.2 Å². The number of benzene rings is 3. The predicted octanol–water partition coefficient (Wildman–Crippen LogP) is 3.37. The number of nitrogens with zero attached hydrogens (tertiary/aromatic N) is 1. The highest BCUT2D eigenvalue weighted by atomic mass is 19.1. The molecule has 4 atom stereocenters. The molecule has 11 nitrogen and oxygen atoms in total. The van der Waals surface area contributed by atoms with Crippen molar-refractivity contribution in [3.05, 3.63) is 101 Å². The van der Waals surface area contributed by atoms with Crippen molar-refractivity contribution in [3.8, 4) is 17.2 Å². The first-order valence-electron chi connectivity index (χ1n) is 14.5. The van der Waals surface area contributed by atoms with E-state index in [1.807, 2.05) is 0 Å². The van der Waals surface area contributed by atoms with Crippen LogP contribution in [0.3, 0.4) is 0 Å². The van der Waals surface area contributed by atoms with Gasteiger partial charge in [-0.2, -0.15) is 0 Å². The van der Waals surface area contributed by atoms with Crippen molar-refractivity contribution in [2.75, 3.05) is 27.4 Å². The smallest absolute Gasteiger partial charge is 0.290 e. The minimum atomic E-state index is -1.44. The molecule has 3 N–H and O–H groups in total. The molecule has 46 heavy (non-hydrogen) atoms. The van der Waals surface area contributed by atoms with E-state index in [2.05, 4.69) is 5.32 Å². The van der Waals surface area contributed by atoms with Crippen LogP contribution in [-0.4, -0.2) is 78.8 Å². The summed E-state index contributed by atoms with van der Waals surface area (Å²) in [6.45, 7) is -0.694. The number of hydrogen-bond acceptors (Lipinski definition) is 9. The van der Waals surface area contributed by atoms with E-state index >= 15 is 4.39 Å². The molecule has 0 unspecified atom stereocenters. The van der Waals surface area contributed by atoms with E-state index in [4.69, 9.17) is 18.6 Å². The first-order valence-corrected chi connectivity index (χ1v) is 14.5. The molecular formula is C34H31FN2O9. The fourth-order valence-electron chi connectivity index (χ4n) is 6.13. The third-order valence-electron chi connectivity index (χ3n) is 8.27. The zero-order chi connectivity index (χ0) is 32.5. The van der Waals surface area contributed by atoms with Gasteiger partial charge in [0.15, 0.2) is 28.6 Å². The van der Waals surface area contributed by atoms with Crippen LogP contribution in [0, 0.1) is 5.82 Å². The number of hydrogen-bond donors (Lipinski definition) is 3. The van der Waals surface area contributed by atoms with Gasteiger partial charge in [0.1, 0.15) is 24.3 Å². The summed E-state index contributed by atoms with van der Waals surface area (Å²) in [6.07, 6.45) is -0.475. The van der Waals surface area contributed by atoms with Crippen LogP contribution in [0.4, 0.5) is 4.39 Å². The third kappa shape index (κ3) is 5.35. The number of aliphatic hydroxyl groups is 2. The van der Waals surface area contributed by atoms with Gasteiger partial charge in [0.2, 0.25) is 5.91 Å². The molecule has 0 saturated heterocycles. The van der Waals surface area contributed by atoms with Crippen molar-refractivity contribution in [2.45, 2.75) is 30.7 Å². The van der Waals surface area contributed by atoms with Crippen LogP contribution in [0.1, 0.15) is 38.0 Å². The summed E-state index contributed by atoms with van der Waals surface area (Å²) in [4.78, 5) is 40.9. The highest BCUT2D eigenvalue weighted by molar-refractivity contribution is 5.99.